The van der Waals surface area contributed by atoms with Gasteiger partial charge in [-0.1, -0.05) is 116 Å². The molecular weight excluding hydrogens is 488 g/mol. The molecule has 0 spiro atoms. The molecule has 0 saturated carbocycles. The molecule has 2 heterocycles. The van der Waals surface area contributed by atoms with Crippen LogP contribution in [0.25, 0.3) is 66.1 Å². The van der Waals surface area contributed by atoms with E-state index in [-0.39, 0.29) is 5.56 Å². The molecule has 7 rings (SSSR count). The van der Waals surface area contributed by atoms with Crippen molar-refractivity contribution >= 4 is 43.8 Å². The summed E-state index contributed by atoms with van der Waals surface area (Å²) in [6, 6.07) is 35.0. The minimum absolute atomic E-state index is 0.0629. The minimum atomic E-state index is -0.0629. The van der Waals surface area contributed by atoms with Crippen LogP contribution in [0.15, 0.2) is 139 Å². The summed E-state index contributed by atoms with van der Waals surface area (Å²) in [6.07, 6.45) is 7.93. The smallest absolute Gasteiger partial charge is 0.264 e. The zero-order valence-corrected chi connectivity index (χ0v) is 22.1. The number of nitrogens with zero attached hydrogens (tertiary/aromatic N) is 2. The molecule has 3 heteroatoms. The summed E-state index contributed by atoms with van der Waals surface area (Å²) in [7, 11) is 0. The number of hydrogen-bond acceptors (Lipinski definition) is 2. The molecule has 40 heavy (non-hydrogen) atoms. The van der Waals surface area contributed by atoms with Gasteiger partial charge >= 0.3 is 0 Å². The number of aromatic nitrogens is 2. The van der Waals surface area contributed by atoms with E-state index in [1.165, 1.54) is 0 Å². The molecule has 0 aliphatic rings. The number of allylic oxidation sites excluding steroid dienone is 5. The predicted octanol–water partition coefficient (Wildman–Crippen LogP) is 9.07. The number of imidazole rings is 1. The molecule has 0 amide bonds. The quantitative estimate of drug-likeness (QED) is 0.215. The largest absolute Gasteiger partial charge is 0.268 e. The van der Waals surface area contributed by atoms with Gasteiger partial charge in [0.15, 0.2) is 0 Å². The zero-order valence-electron chi connectivity index (χ0n) is 22.1. The van der Waals surface area contributed by atoms with Crippen LogP contribution in [0.5, 0.6) is 0 Å². The summed E-state index contributed by atoms with van der Waals surface area (Å²) in [5, 5.41) is 3.67. The van der Waals surface area contributed by atoms with Crippen molar-refractivity contribution < 1.29 is 0 Å². The van der Waals surface area contributed by atoms with Crippen molar-refractivity contribution in [1.29, 1.82) is 0 Å². The molecule has 3 nitrogen and oxygen atoms in total. The standard InChI is InChI=1S/C37H26N2O/c1-3-4-7-13-24(2)27-22-32(26-16-10-6-11-17-26)35-33(23-27)39-36(38-35)30-19-12-18-29-28(25-14-8-5-9-15-25)20-21-31(34(29)30)37(39)40/h3-23H,2H2,1H3/b4-3-,13-7-. The lowest BCUT2D eigenvalue weighted by Crippen LogP contribution is -2.13. The van der Waals surface area contributed by atoms with Crippen LogP contribution in [-0.2, 0) is 0 Å². The van der Waals surface area contributed by atoms with E-state index in [9.17, 15) is 4.79 Å². The lowest BCUT2D eigenvalue weighted by molar-refractivity contribution is 1.19. The van der Waals surface area contributed by atoms with Crippen molar-refractivity contribution in [3.05, 3.63) is 150 Å². The maximum absolute atomic E-state index is 14.2. The second-order valence-electron chi connectivity index (χ2n) is 10.00. The van der Waals surface area contributed by atoms with Crippen molar-refractivity contribution in [3.63, 3.8) is 0 Å². The Balaban J connectivity index is 1.60. The van der Waals surface area contributed by atoms with Crippen LogP contribution in [0.3, 0.4) is 0 Å². The molecule has 2 aromatic heterocycles. The maximum Gasteiger partial charge on any atom is 0.264 e. The zero-order chi connectivity index (χ0) is 27.2. The Morgan fingerprint density at radius 3 is 2.17 bits per heavy atom. The lowest BCUT2D eigenvalue weighted by atomic mass is 9.94. The summed E-state index contributed by atoms with van der Waals surface area (Å²) in [4.78, 5) is 19.4. The van der Waals surface area contributed by atoms with E-state index in [1.54, 1.807) is 4.40 Å². The second kappa shape index (κ2) is 9.48. The second-order valence-corrected chi connectivity index (χ2v) is 10.00. The van der Waals surface area contributed by atoms with Crippen LogP contribution in [0.2, 0.25) is 0 Å². The van der Waals surface area contributed by atoms with Gasteiger partial charge in [-0.25, -0.2) is 4.98 Å². The van der Waals surface area contributed by atoms with Gasteiger partial charge in [-0.3, -0.25) is 9.20 Å². The SMILES string of the molecule is C=C(/C=C\C=C/C)c1cc(-c2ccccc2)c2nc3c4cccc5c(-c6ccccc6)ccc(c(=O)n3c2c1)c54. The molecule has 7 aromatic rings. The Labute approximate surface area is 232 Å². The average Bonchev–Trinajstić information content (AvgIpc) is 3.40. The molecule has 0 unspecified atom stereocenters. The van der Waals surface area contributed by atoms with E-state index < -0.39 is 0 Å². The van der Waals surface area contributed by atoms with Crippen molar-refractivity contribution in [2.45, 2.75) is 6.92 Å². The van der Waals surface area contributed by atoms with Crippen molar-refractivity contribution in [2.24, 2.45) is 0 Å². The van der Waals surface area contributed by atoms with Gasteiger partial charge in [0.1, 0.15) is 5.65 Å². The van der Waals surface area contributed by atoms with E-state index in [0.29, 0.717) is 11.0 Å². The number of pyridine rings is 1. The molecule has 0 bridgehead atoms. The molecule has 0 saturated heterocycles. The first-order chi connectivity index (χ1) is 19.7. The first kappa shape index (κ1) is 23.8. The average molecular weight is 515 g/mol. The van der Waals surface area contributed by atoms with Gasteiger partial charge in [-0.15, -0.1) is 0 Å². The van der Waals surface area contributed by atoms with E-state index in [4.69, 9.17) is 4.98 Å². The molecule has 190 valence electrons. The molecule has 0 aliphatic carbocycles. The Kier molecular flexibility index (Phi) is 5.64. The molecule has 0 fully saturated rings. The van der Waals surface area contributed by atoms with Gasteiger partial charge in [0, 0.05) is 21.7 Å². The van der Waals surface area contributed by atoms with Gasteiger partial charge in [0.2, 0.25) is 0 Å². The normalized spacial score (nSPS) is 12.1. The van der Waals surface area contributed by atoms with Gasteiger partial charge < -0.3 is 0 Å². The highest BCUT2D eigenvalue weighted by molar-refractivity contribution is 6.19. The highest BCUT2D eigenvalue weighted by Crippen LogP contribution is 2.38. The molecule has 5 aromatic carbocycles. The third kappa shape index (κ3) is 3.67. The van der Waals surface area contributed by atoms with E-state index in [2.05, 4.69) is 61.2 Å². The number of benzene rings is 5. The summed E-state index contributed by atoms with van der Waals surface area (Å²) < 4.78 is 1.79. The first-order valence-electron chi connectivity index (χ1n) is 13.4. The van der Waals surface area contributed by atoms with Crippen LogP contribution in [0.1, 0.15) is 12.5 Å². The van der Waals surface area contributed by atoms with Gasteiger partial charge in [0.25, 0.3) is 5.56 Å². The fourth-order valence-corrected chi connectivity index (χ4v) is 5.73. The van der Waals surface area contributed by atoms with Gasteiger partial charge in [0.05, 0.1) is 11.0 Å². The first-order valence-corrected chi connectivity index (χ1v) is 13.4. The fraction of sp³-hybridized carbons (Fsp3) is 0.0270. The number of rotatable bonds is 5. The van der Waals surface area contributed by atoms with Crippen LogP contribution >= 0.6 is 0 Å². The molecule has 0 N–H and O–H groups in total. The van der Waals surface area contributed by atoms with Gasteiger partial charge in [-0.05, 0) is 58.3 Å². The molecule has 0 aliphatic heterocycles. The topological polar surface area (TPSA) is 34.4 Å². The third-order valence-electron chi connectivity index (χ3n) is 7.62. The van der Waals surface area contributed by atoms with E-state index in [1.807, 2.05) is 79.8 Å². The summed E-state index contributed by atoms with van der Waals surface area (Å²) in [5.74, 6) is 0. The molecule has 0 radical (unpaired) electrons. The van der Waals surface area contributed by atoms with Crippen LogP contribution in [-0.4, -0.2) is 9.38 Å². The lowest BCUT2D eigenvalue weighted by Gasteiger charge is -2.12. The summed E-state index contributed by atoms with van der Waals surface area (Å²) >= 11 is 0. The van der Waals surface area contributed by atoms with Gasteiger partial charge in [-0.2, -0.15) is 0 Å². The van der Waals surface area contributed by atoms with Crippen LogP contribution in [0.4, 0.5) is 0 Å². The van der Waals surface area contributed by atoms with Crippen molar-refractivity contribution in [2.75, 3.05) is 0 Å². The Morgan fingerprint density at radius 1 is 0.750 bits per heavy atom. The van der Waals surface area contributed by atoms with Crippen LogP contribution < -0.4 is 5.56 Å². The van der Waals surface area contributed by atoms with E-state index in [0.717, 1.165) is 60.6 Å². The molecular formula is C37H26N2O. The van der Waals surface area contributed by atoms with E-state index >= 15 is 0 Å². The number of fused-ring (bicyclic) bond motifs is 4. The highest BCUT2D eigenvalue weighted by Gasteiger charge is 2.20. The predicted molar refractivity (Wildman–Crippen MR) is 169 cm³/mol. The third-order valence-corrected chi connectivity index (χ3v) is 7.62. The fourth-order valence-electron chi connectivity index (χ4n) is 5.73. The minimum Gasteiger partial charge on any atom is -0.268 e. The highest BCUT2D eigenvalue weighted by atomic mass is 16.1. The maximum atomic E-state index is 14.2. The Morgan fingerprint density at radius 2 is 1.45 bits per heavy atom. The monoisotopic (exact) mass is 514 g/mol. The van der Waals surface area contributed by atoms with Crippen molar-refractivity contribution in [1.82, 2.24) is 9.38 Å². The summed E-state index contributed by atoms with van der Waals surface area (Å²) in [5.41, 5.74) is 8.27. The summed E-state index contributed by atoms with van der Waals surface area (Å²) in [6.45, 7) is 6.31. The Hall–Kier alpha value is -5.28. The molecule has 0 atom stereocenters. The number of hydrogen-bond donors (Lipinski definition) is 0. The Bertz CT molecular complexity index is 2190. The van der Waals surface area contributed by atoms with Crippen molar-refractivity contribution in [3.8, 4) is 22.3 Å². The van der Waals surface area contributed by atoms with Crippen LogP contribution in [0, 0.1) is 0 Å².